The fourth-order valence-corrected chi connectivity index (χ4v) is 2.00. The van der Waals surface area contributed by atoms with Crippen molar-refractivity contribution in [3.63, 3.8) is 0 Å². The number of halogens is 2. The summed E-state index contributed by atoms with van der Waals surface area (Å²) >= 11 is 0. The van der Waals surface area contributed by atoms with Crippen LogP contribution >= 0.6 is 0 Å². The van der Waals surface area contributed by atoms with Crippen molar-refractivity contribution in [3.8, 4) is 0 Å². The fourth-order valence-electron chi connectivity index (χ4n) is 2.00. The molecule has 0 radical (unpaired) electrons. The van der Waals surface area contributed by atoms with Crippen LogP contribution in [0.3, 0.4) is 0 Å². The van der Waals surface area contributed by atoms with Gasteiger partial charge in [0, 0.05) is 31.0 Å². The summed E-state index contributed by atoms with van der Waals surface area (Å²) in [6, 6.07) is 3.55. The van der Waals surface area contributed by atoms with Gasteiger partial charge in [-0.1, -0.05) is 6.07 Å². The van der Waals surface area contributed by atoms with Gasteiger partial charge in [-0.2, -0.15) is 0 Å². The minimum atomic E-state index is -0.670. The lowest BCUT2D eigenvalue weighted by molar-refractivity contribution is -0.119. The first-order valence-corrected chi connectivity index (χ1v) is 5.92. The highest BCUT2D eigenvalue weighted by Crippen LogP contribution is 2.14. The van der Waals surface area contributed by atoms with E-state index in [-0.39, 0.29) is 30.2 Å². The van der Waals surface area contributed by atoms with E-state index in [0.717, 1.165) is 12.1 Å². The van der Waals surface area contributed by atoms with E-state index in [2.05, 4.69) is 5.32 Å². The average molecular weight is 255 g/mol. The van der Waals surface area contributed by atoms with E-state index in [1.165, 1.54) is 6.07 Å². The van der Waals surface area contributed by atoms with Crippen LogP contribution in [0.2, 0.25) is 0 Å². The summed E-state index contributed by atoms with van der Waals surface area (Å²) in [4.78, 5) is 11.8. The molecule has 1 aromatic rings. The standard InChI is InChI=1S/C13H15F2NO2/c14-12-2-1-3-13(15)11(12)7-10(17)6-9-8-18-5-4-16-9/h1-3,9,16H,4-8H2. The molecule has 1 N–H and O–H groups in total. The molecule has 3 nitrogen and oxygen atoms in total. The zero-order valence-corrected chi connectivity index (χ0v) is 9.92. The van der Waals surface area contributed by atoms with E-state index in [4.69, 9.17) is 4.74 Å². The molecule has 1 saturated heterocycles. The third-order valence-corrected chi connectivity index (χ3v) is 2.91. The molecule has 1 fully saturated rings. The van der Waals surface area contributed by atoms with Crippen molar-refractivity contribution in [2.45, 2.75) is 18.9 Å². The Morgan fingerprint density at radius 3 is 2.72 bits per heavy atom. The molecular formula is C13H15F2NO2. The number of ketones is 1. The maximum Gasteiger partial charge on any atom is 0.139 e. The third-order valence-electron chi connectivity index (χ3n) is 2.91. The number of hydrogen-bond acceptors (Lipinski definition) is 3. The molecule has 1 heterocycles. The number of Topliss-reactive ketones (excluding diaryl/α,β-unsaturated/α-hetero) is 1. The highest BCUT2D eigenvalue weighted by molar-refractivity contribution is 5.81. The zero-order chi connectivity index (χ0) is 13.0. The van der Waals surface area contributed by atoms with Crippen molar-refractivity contribution in [3.05, 3.63) is 35.4 Å². The monoisotopic (exact) mass is 255 g/mol. The molecule has 98 valence electrons. The van der Waals surface area contributed by atoms with E-state index in [1.807, 2.05) is 0 Å². The number of carbonyl (C=O) groups excluding carboxylic acids is 1. The van der Waals surface area contributed by atoms with E-state index < -0.39 is 11.6 Å². The largest absolute Gasteiger partial charge is 0.379 e. The number of benzene rings is 1. The van der Waals surface area contributed by atoms with Gasteiger partial charge in [-0.25, -0.2) is 8.78 Å². The second-order valence-corrected chi connectivity index (χ2v) is 4.35. The fraction of sp³-hybridized carbons (Fsp3) is 0.462. The van der Waals surface area contributed by atoms with Gasteiger partial charge in [-0.05, 0) is 12.1 Å². The minimum Gasteiger partial charge on any atom is -0.379 e. The first-order valence-electron chi connectivity index (χ1n) is 5.92. The van der Waals surface area contributed by atoms with Gasteiger partial charge in [0.2, 0.25) is 0 Å². The Balaban J connectivity index is 1.94. The van der Waals surface area contributed by atoms with Gasteiger partial charge in [0.1, 0.15) is 17.4 Å². The molecule has 1 unspecified atom stereocenters. The lowest BCUT2D eigenvalue weighted by Gasteiger charge is -2.23. The van der Waals surface area contributed by atoms with Crippen molar-refractivity contribution in [1.29, 1.82) is 0 Å². The Hall–Kier alpha value is -1.33. The second kappa shape index (κ2) is 6.02. The highest BCUT2D eigenvalue weighted by atomic mass is 19.1. The normalized spacial score (nSPS) is 19.8. The Bertz CT molecular complexity index is 411. The molecule has 18 heavy (non-hydrogen) atoms. The van der Waals surface area contributed by atoms with Crippen LogP contribution in [0.4, 0.5) is 8.78 Å². The molecule has 0 spiro atoms. The first kappa shape index (κ1) is 13.1. The van der Waals surface area contributed by atoms with Crippen molar-refractivity contribution in [1.82, 2.24) is 5.32 Å². The van der Waals surface area contributed by atoms with E-state index >= 15 is 0 Å². The minimum absolute atomic E-state index is 0.0546. The lowest BCUT2D eigenvalue weighted by Crippen LogP contribution is -2.42. The van der Waals surface area contributed by atoms with Crippen molar-refractivity contribution in [2.24, 2.45) is 0 Å². The maximum absolute atomic E-state index is 13.4. The number of hydrogen-bond donors (Lipinski definition) is 1. The van der Waals surface area contributed by atoms with Crippen molar-refractivity contribution < 1.29 is 18.3 Å². The van der Waals surface area contributed by atoms with Crippen LogP contribution in [0.15, 0.2) is 18.2 Å². The van der Waals surface area contributed by atoms with Crippen LogP contribution < -0.4 is 5.32 Å². The summed E-state index contributed by atoms with van der Waals surface area (Å²) in [5.41, 5.74) is -0.153. The number of carbonyl (C=O) groups is 1. The van der Waals surface area contributed by atoms with Gasteiger partial charge in [-0.3, -0.25) is 4.79 Å². The molecule has 1 aromatic carbocycles. The Labute approximate surface area is 104 Å². The maximum atomic E-state index is 13.4. The molecule has 2 rings (SSSR count). The van der Waals surface area contributed by atoms with Crippen LogP contribution in [0.5, 0.6) is 0 Å². The van der Waals surface area contributed by atoms with Gasteiger partial charge >= 0.3 is 0 Å². The highest BCUT2D eigenvalue weighted by Gasteiger charge is 2.19. The first-order chi connectivity index (χ1) is 8.66. The molecule has 1 aliphatic rings. The lowest BCUT2D eigenvalue weighted by atomic mass is 10.0. The van der Waals surface area contributed by atoms with Crippen LogP contribution in [0, 0.1) is 11.6 Å². The summed E-state index contributed by atoms with van der Waals surface area (Å²) in [6.07, 6.45) is 0.0183. The van der Waals surface area contributed by atoms with Crippen molar-refractivity contribution in [2.75, 3.05) is 19.8 Å². The van der Waals surface area contributed by atoms with Crippen LogP contribution in [0.1, 0.15) is 12.0 Å². The molecular weight excluding hydrogens is 240 g/mol. The number of morpholine rings is 1. The molecule has 0 bridgehead atoms. The SMILES string of the molecule is O=C(Cc1c(F)cccc1F)CC1COCCN1. The van der Waals surface area contributed by atoms with Crippen LogP contribution in [-0.2, 0) is 16.0 Å². The summed E-state index contributed by atoms with van der Waals surface area (Å²) in [7, 11) is 0. The summed E-state index contributed by atoms with van der Waals surface area (Å²) in [5.74, 6) is -1.53. The van der Waals surface area contributed by atoms with E-state index in [1.54, 1.807) is 0 Å². The van der Waals surface area contributed by atoms with Gasteiger partial charge in [-0.15, -0.1) is 0 Å². The summed E-state index contributed by atoms with van der Waals surface area (Å²) < 4.78 is 31.9. The van der Waals surface area contributed by atoms with Crippen molar-refractivity contribution >= 4 is 5.78 Å². The molecule has 0 saturated carbocycles. The van der Waals surface area contributed by atoms with Gasteiger partial charge in [0.05, 0.1) is 13.2 Å². The predicted octanol–water partition coefficient (Wildman–Crippen LogP) is 1.45. The number of ether oxygens (including phenoxy) is 1. The number of rotatable bonds is 4. The van der Waals surface area contributed by atoms with E-state index in [9.17, 15) is 13.6 Å². The number of nitrogens with one attached hydrogen (secondary N) is 1. The summed E-state index contributed by atoms with van der Waals surface area (Å²) in [5, 5.41) is 3.13. The molecule has 0 aromatic heterocycles. The van der Waals surface area contributed by atoms with Gasteiger partial charge in [0.25, 0.3) is 0 Å². The molecule has 0 aliphatic carbocycles. The molecule has 5 heteroatoms. The average Bonchev–Trinajstić information content (AvgIpc) is 2.35. The van der Waals surface area contributed by atoms with Gasteiger partial charge < -0.3 is 10.1 Å². The predicted molar refractivity (Wildman–Crippen MR) is 62.3 cm³/mol. The van der Waals surface area contributed by atoms with Crippen LogP contribution in [-0.4, -0.2) is 31.6 Å². The third kappa shape index (κ3) is 3.34. The Kier molecular flexibility index (Phi) is 4.38. The quantitative estimate of drug-likeness (QED) is 0.885. The Morgan fingerprint density at radius 2 is 2.11 bits per heavy atom. The van der Waals surface area contributed by atoms with E-state index in [0.29, 0.717) is 19.8 Å². The second-order valence-electron chi connectivity index (χ2n) is 4.35. The summed E-state index contributed by atoms with van der Waals surface area (Å²) in [6.45, 7) is 1.80. The van der Waals surface area contributed by atoms with Crippen LogP contribution in [0.25, 0.3) is 0 Å². The smallest absolute Gasteiger partial charge is 0.139 e. The molecule has 1 aliphatic heterocycles. The molecule has 1 atom stereocenters. The zero-order valence-electron chi connectivity index (χ0n) is 9.92. The topological polar surface area (TPSA) is 38.3 Å². The molecule has 0 amide bonds. The Morgan fingerprint density at radius 1 is 1.39 bits per heavy atom. The van der Waals surface area contributed by atoms with Gasteiger partial charge in [0.15, 0.2) is 0 Å².